The molecule has 0 atom stereocenters. The number of amides is 1. The van der Waals surface area contributed by atoms with Crippen LogP contribution in [-0.2, 0) is 4.79 Å². The number of thiophene rings is 1. The van der Waals surface area contributed by atoms with E-state index in [0.29, 0.717) is 39.1 Å². The van der Waals surface area contributed by atoms with E-state index in [1.165, 1.54) is 23.1 Å². The zero-order valence-electron chi connectivity index (χ0n) is 19.7. The summed E-state index contributed by atoms with van der Waals surface area (Å²) in [6, 6.07) is 20.2. The number of ether oxygens (including phenoxy) is 1. The third kappa shape index (κ3) is 4.93. The summed E-state index contributed by atoms with van der Waals surface area (Å²) in [6.45, 7) is 4.36. The smallest absolute Gasteiger partial charge is 0.268 e. The number of aromatic nitrogens is 2. The van der Waals surface area contributed by atoms with E-state index in [1.54, 1.807) is 16.7 Å². The summed E-state index contributed by atoms with van der Waals surface area (Å²) >= 11 is 2.60. The van der Waals surface area contributed by atoms with Crippen molar-refractivity contribution >= 4 is 44.9 Å². The Morgan fingerprint density at radius 2 is 1.89 bits per heavy atom. The molecular formula is C27H23N3O4S2. The van der Waals surface area contributed by atoms with Gasteiger partial charge in [0.25, 0.3) is 5.56 Å². The molecule has 182 valence electrons. The maximum atomic E-state index is 13.8. The second-order valence-electron chi connectivity index (χ2n) is 7.90. The summed E-state index contributed by atoms with van der Waals surface area (Å²) in [5.74, 6) is 2.04. The molecule has 0 radical (unpaired) electrons. The summed E-state index contributed by atoms with van der Waals surface area (Å²) < 4.78 is 12.8. The highest BCUT2D eigenvalue weighted by molar-refractivity contribution is 7.99. The lowest BCUT2D eigenvalue weighted by molar-refractivity contribution is -0.113. The first-order chi connectivity index (χ1) is 17.5. The van der Waals surface area contributed by atoms with Crippen molar-refractivity contribution in [1.82, 2.24) is 9.55 Å². The van der Waals surface area contributed by atoms with Gasteiger partial charge in [-0.3, -0.25) is 14.2 Å². The second kappa shape index (κ2) is 10.4. The number of rotatable bonds is 8. The van der Waals surface area contributed by atoms with E-state index >= 15 is 0 Å². The van der Waals surface area contributed by atoms with Crippen LogP contribution in [0.25, 0.3) is 27.2 Å². The monoisotopic (exact) mass is 517 g/mol. The molecule has 0 saturated carbocycles. The van der Waals surface area contributed by atoms with Gasteiger partial charge in [-0.2, -0.15) is 0 Å². The van der Waals surface area contributed by atoms with E-state index in [0.717, 1.165) is 17.1 Å². The van der Waals surface area contributed by atoms with Crippen molar-refractivity contribution < 1.29 is 13.9 Å². The zero-order chi connectivity index (χ0) is 25.1. The lowest BCUT2D eigenvalue weighted by Crippen LogP contribution is -2.22. The number of hydrogen-bond donors (Lipinski definition) is 1. The van der Waals surface area contributed by atoms with Crippen LogP contribution in [0.15, 0.2) is 86.5 Å². The van der Waals surface area contributed by atoms with E-state index in [-0.39, 0.29) is 17.2 Å². The van der Waals surface area contributed by atoms with Crippen molar-refractivity contribution in [3.05, 3.63) is 88.2 Å². The molecule has 0 aliphatic carbocycles. The number of fused-ring (bicyclic) bond motifs is 1. The average Bonchev–Trinajstić information content (AvgIpc) is 3.51. The zero-order valence-corrected chi connectivity index (χ0v) is 21.3. The van der Waals surface area contributed by atoms with Gasteiger partial charge in [-0.1, -0.05) is 30.0 Å². The Labute approximate surface area is 215 Å². The molecule has 0 bridgehead atoms. The van der Waals surface area contributed by atoms with Gasteiger partial charge >= 0.3 is 0 Å². The molecule has 1 amide bonds. The van der Waals surface area contributed by atoms with E-state index in [1.807, 2.05) is 73.8 Å². The van der Waals surface area contributed by atoms with Crippen LogP contribution in [0.4, 0.5) is 5.69 Å². The summed E-state index contributed by atoms with van der Waals surface area (Å²) in [6.07, 6.45) is 0. The summed E-state index contributed by atoms with van der Waals surface area (Å²) in [7, 11) is 0. The number of nitrogens with zero attached hydrogens (tertiary/aromatic N) is 2. The Kier molecular flexibility index (Phi) is 6.92. The van der Waals surface area contributed by atoms with Crippen molar-refractivity contribution in [2.24, 2.45) is 0 Å². The molecule has 0 unspecified atom stereocenters. The first-order valence-electron chi connectivity index (χ1n) is 11.4. The van der Waals surface area contributed by atoms with Gasteiger partial charge in [0, 0.05) is 16.6 Å². The molecule has 36 heavy (non-hydrogen) atoms. The van der Waals surface area contributed by atoms with E-state index in [2.05, 4.69) is 5.32 Å². The number of nitrogens with one attached hydrogen (secondary N) is 1. The van der Waals surface area contributed by atoms with Crippen LogP contribution in [0.2, 0.25) is 0 Å². The third-order valence-corrected chi connectivity index (χ3v) is 7.19. The Morgan fingerprint density at radius 3 is 2.58 bits per heavy atom. The Balaban J connectivity index is 1.46. The molecule has 0 aliphatic rings. The van der Waals surface area contributed by atoms with Crippen LogP contribution >= 0.6 is 23.1 Å². The standard InChI is InChI=1S/C27H23N3O4S2/c1-3-33-20-12-10-18(11-13-20)28-23(31)16-36-27-29-25-24(21(15-35-25)22-14-9-17(2)34-22)26(32)30(27)19-7-5-4-6-8-19/h4-15H,3,16H2,1-2H3,(H,28,31). The highest BCUT2D eigenvalue weighted by Gasteiger charge is 2.20. The van der Waals surface area contributed by atoms with Gasteiger partial charge in [0.1, 0.15) is 22.1 Å². The first kappa shape index (κ1) is 23.9. The number of thioether (sulfide) groups is 1. The quantitative estimate of drug-likeness (QED) is 0.196. The number of carbonyl (C=O) groups is 1. The SMILES string of the molecule is CCOc1ccc(NC(=O)CSc2nc3scc(-c4ccc(C)o4)c3c(=O)n2-c2ccccc2)cc1. The Bertz CT molecular complexity index is 1570. The van der Waals surface area contributed by atoms with E-state index in [4.69, 9.17) is 14.1 Å². The number of para-hydroxylation sites is 1. The van der Waals surface area contributed by atoms with Crippen molar-refractivity contribution in [2.45, 2.75) is 19.0 Å². The summed E-state index contributed by atoms with van der Waals surface area (Å²) in [4.78, 5) is 31.9. The maximum Gasteiger partial charge on any atom is 0.268 e. The highest BCUT2D eigenvalue weighted by atomic mass is 32.2. The maximum absolute atomic E-state index is 13.8. The van der Waals surface area contributed by atoms with E-state index in [9.17, 15) is 9.59 Å². The molecule has 0 spiro atoms. The van der Waals surface area contributed by atoms with Gasteiger partial charge in [-0.25, -0.2) is 4.98 Å². The highest BCUT2D eigenvalue weighted by Crippen LogP contribution is 2.34. The lowest BCUT2D eigenvalue weighted by Gasteiger charge is -2.12. The molecule has 1 N–H and O–H groups in total. The number of benzene rings is 2. The third-order valence-electron chi connectivity index (χ3n) is 5.38. The normalized spacial score (nSPS) is 11.1. The molecule has 0 saturated heterocycles. The van der Waals surface area contributed by atoms with Crippen molar-refractivity contribution in [3.63, 3.8) is 0 Å². The van der Waals surface area contributed by atoms with Crippen molar-refractivity contribution in [1.29, 1.82) is 0 Å². The molecule has 3 heterocycles. The van der Waals surface area contributed by atoms with Gasteiger partial charge < -0.3 is 14.5 Å². The molecule has 5 aromatic rings. The number of carbonyl (C=O) groups excluding carboxylic acids is 1. The number of aryl methyl sites for hydroxylation is 1. The molecule has 5 rings (SSSR count). The largest absolute Gasteiger partial charge is 0.494 e. The van der Waals surface area contributed by atoms with Gasteiger partial charge in [0.15, 0.2) is 5.16 Å². The molecular weight excluding hydrogens is 494 g/mol. The van der Waals surface area contributed by atoms with Gasteiger partial charge in [-0.05, 0) is 62.4 Å². The Morgan fingerprint density at radius 1 is 1.11 bits per heavy atom. The fourth-order valence-corrected chi connectivity index (χ4v) is 5.54. The van der Waals surface area contributed by atoms with Crippen LogP contribution < -0.4 is 15.6 Å². The second-order valence-corrected chi connectivity index (χ2v) is 9.71. The minimum Gasteiger partial charge on any atom is -0.494 e. The number of anilines is 1. The fraction of sp³-hybridized carbons (Fsp3) is 0.148. The molecule has 9 heteroatoms. The van der Waals surface area contributed by atoms with Gasteiger partial charge in [-0.15, -0.1) is 11.3 Å². The number of furan rings is 1. The van der Waals surface area contributed by atoms with Gasteiger partial charge in [0.2, 0.25) is 5.91 Å². The minimum atomic E-state index is -0.203. The van der Waals surface area contributed by atoms with E-state index < -0.39 is 0 Å². The van der Waals surface area contributed by atoms with Crippen molar-refractivity contribution in [3.8, 4) is 22.8 Å². The van der Waals surface area contributed by atoms with Crippen LogP contribution in [-0.4, -0.2) is 27.8 Å². The van der Waals surface area contributed by atoms with Crippen molar-refractivity contribution in [2.75, 3.05) is 17.7 Å². The predicted molar refractivity (Wildman–Crippen MR) is 145 cm³/mol. The van der Waals surface area contributed by atoms with Crippen LogP contribution in [0.1, 0.15) is 12.7 Å². The summed E-state index contributed by atoms with van der Waals surface area (Å²) in [5.41, 5.74) is 1.87. The molecule has 2 aromatic carbocycles. The fourth-order valence-electron chi connectivity index (χ4n) is 3.76. The lowest BCUT2D eigenvalue weighted by atomic mass is 10.2. The van der Waals surface area contributed by atoms with Crippen LogP contribution in [0.5, 0.6) is 5.75 Å². The predicted octanol–water partition coefficient (Wildman–Crippen LogP) is 6.15. The molecule has 7 nitrogen and oxygen atoms in total. The topological polar surface area (TPSA) is 86.4 Å². The Hall–Kier alpha value is -3.82. The minimum absolute atomic E-state index is 0.0909. The average molecular weight is 518 g/mol. The van der Waals surface area contributed by atoms with Crippen LogP contribution in [0.3, 0.4) is 0 Å². The molecule has 3 aromatic heterocycles. The number of hydrogen-bond acceptors (Lipinski definition) is 7. The van der Waals surface area contributed by atoms with Crippen LogP contribution in [0, 0.1) is 6.92 Å². The summed E-state index contributed by atoms with van der Waals surface area (Å²) in [5, 5.41) is 5.72. The molecule has 0 aliphatic heterocycles. The molecule has 0 fully saturated rings. The van der Waals surface area contributed by atoms with Gasteiger partial charge in [0.05, 0.1) is 23.4 Å². The first-order valence-corrected chi connectivity index (χ1v) is 13.2.